The molecule has 0 saturated heterocycles. The SMILES string of the molecule is CCC1(C)CSC(Nc2ccc(F)c(Cl)c2)=N1. The number of nitrogens with zero attached hydrogens (tertiary/aromatic N) is 1. The number of anilines is 1. The van der Waals surface area contributed by atoms with Crippen LogP contribution in [-0.4, -0.2) is 16.5 Å². The van der Waals surface area contributed by atoms with Crippen molar-refractivity contribution < 1.29 is 4.39 Å². The Hall–Kier alpha value is -0.740. The lowest BCUT2D eigenvalue weighted by Crippen LogP contribution is -2.20. The van der Waals surface area contributed by atoms with E-state index in [1.165, 1.54) is 6.07 Å². The van der Waals surface area contributed by atoms with Gasteiger partial charge in [-0.2, -0.15) is 0 Å². The molecule has 5 heteroatoms. The first kappa shape index (κ1) is 12.7. The Morgan fingerprint density at radius 3 is 2.94 bits per heavy atom. The Balaban J connectivity index is 2.12. The van der Waals surface area contributed by atoms with Gasteiger partial charge >= 0.3 is 0 Å². The minimum absolute atomic E-state index is 0.0107. The lowest BCUT2D eigenvalue weighted by Gasteiger charge is -2.15. The largest absolute Gasteiger partial charge is 0.335 e. The van der Waals surface area contributed by atoms with E-state index < -0.39 is 5.82 Å². The summed E-state index contributed by atoms with van der Waals surface area (Å²) >= 11 is 7.40. The third-order valence-corrected chi connectivity index (χ3v) is 4.35. The standard InChI is InChI=1S/C12H14ClFN2S/c1-3-12(2)7-17-11(16-12)15-8-4-5-10(14)9(13)6-8/h4-6H,3,7H2,1-2H3,(H,15,16). The molecule has 0 aliphatic carbocycles. The van der Waals surface area contributed by atoms with E-state index in [0.717, 1.165) is 23.0 Å². The second-order valence-corrected chi connectivity index (χ2v) is 5.68. The summed E-state index contributed by atoms with van der Waals surface area (Å²) in [4.78, 5) is 4.62. The molecule has 1 aliphatic rings. The highest BCUT2D eigenvalue weighted by Crippen LogP contribution is 2.31. The Labute approximate surface area is 110 Å². The van der Waals surface area contributed by atoms with Crippen LogP contribution in [0.2, 0.25) is 5.02 Å². The molecule has 1 N–H and O–H groups in total. The molecule has 1 aliphatic heterocycles. The van der Waals surface area contributed by atoms with E-state index in [0.29, 0.717) is 0 Å². The quantitative estimate of drug-likeness (QED) is 0.874. The molecule has 0 amide bonds. The van der Waals surface area contributed by atoms with Crippen molar-refractivity contribution in [1.82, 2.24) is 0 Å². The average Bonchev–Trinajstić information content (AvgIpc) is 2.67. The highest BCUT2D eigenvalue weighted by molar-refractivity contribution is 8.14. The molecular weight excluding hydrogens is 259 g/mol. The first-order valence-electron chi connectivity index (χ1n) is 5.47. The van der Waals surface area contributed by atoms with Gasteiger partial charge in [0.05, 0.1) is 10.6 Å². The van der Waals surface area contributed by atoms with E-state index in [1.54, 1.807) is 23.9 Å². The highest BCUT2D eigenvalue weighted by atomic mass is 35.5. The normalized spacial score (nSPS) is 23.6. The van der Waals surface area contributed by atoms with Crippen LogP contribution >= 0.6 is 23.4 Å². The lowest BCUT2D eigenvalue weighted by atomic mass is 10.0. The van der Waals surface area contributed by atoms with Gasteiger partial charge in [-0.1, -0.05) is 30.3 Å². The molecule has 1 aromatic carbocycles. The number of benzene rings is 1. The maximum absolute atomic E-state index is 13.0. The van der Waals surface area contributed by atoms with Gasteiger partial charge in [0, 0.05) is 11.4 Å². The van der Waals surface area contributed by atoms with Crippen LogP contribution in [0.5, 0.6) is 0 Å². The third kappa shape index (κ3) is 2.93. The second kappa shape index (κ2) is 4.86. The maximum atomic E-state index is 13.0. The van der Waals surface area contributed by atoms with Gasteiger partial charge in [0.25, 0.3) is 0 Å². The molecule has 92 valence electrons. The summed E-state index contributed by atoms with van der Waals surface area (Å²) in [6.07, 6.45) is 1.01. The summed E-state index contributed by atoms with van der Waals surface area (Å²) in [5.74, 6) is 0.567. The van der Waals surface area contributed by atoms with Crippen LogP contribution in [-0.2, 0) is 0 Å². The number of nitrogens with one attached hydrogen (secondary N) is 1. The molecule has 1 unspecified atom stereocenters. The third-order valence-electron chi connectivity index (χ3n) is 2.82. The molecule has 0 saturated carbocycles. The van der Waals surface area contributed by atoms with Crippen LogP contribution in [0.3, 0.4) is 0 Å². The predicted molar refractivity (Wildman–Crippen MR) is 73.6 cm³/mol. The van der Waals surface area contributed by atoms with Crippen molar-refractivity contribution in [3.8, 4) is 0 Å². The van der Waals surface area contributed by atoms with Gasteiger partial charge in [-0.15, -0.1) is 0 Å². The van der Waals surface area contributed by atoms with Gasteiger partial charge < -0.3 is 5.32 Å². The Morgan fingerprint density at radius 2 is 2.35 bits per heavy atom. The second-order valence-electron chi connectivity index (χ2n) is 4.31. The van der Waals surface area contributed by atoms with E-state index in [4.69, 9.17) is 11.6 Å². The Kier molecular flexibility index (Phi) is 3.64. The van der Waals surface area contributed by atoms with Crippen molar-refractivity contribution in [3.05, 3.63) is 29.0 Å². The zero-order valence-corrected chi connectivity index (χ0v) is 11.3. The number of hydrogen-bond donors (Lipinski definition) is 1. The van der Waals surface area contributed by atoms with Crippen LogP contribution < -0.4 is 5.32 Å². The molecule has 17 heavy (non-hydrogen) atoms. The zero-order valence-electron chi connectivity index (χ0n) is 9.76. The van der Waals surface area contributed by atoms with Gasteiger partial charge in [-0.3, -0.25) is 4.99 Å². The molecule has 1 atom stereocenters. The topological polar surface area (TPSA) is 24.4 Å². The summed E-state index contributed by atoms with van der Waals surface area (Å²) in [5, 5.41) is 4.15. The van der Waals surface area contributed by atoms with Crippen molar-refractivity contribution >= 4 is 34.2 Å². The molecule has 1 heterocycles. The fourth-order valence-corrected chi connectivity index (χ4v) is 2.85. The summed E-state index contributed by atoms with van der Waals surface area (Å²) in [5.41, 5.74) is 0.777. The molecule has 0 radical (unpaired) electrons. The molecule has 2 nitrogen and oxygen atoms in total. The van der Waals surface area contributed by atoms with Crippen molar-refractivity contribution in [2.24, 2.45) is 4.99 Å². The molecule has 1 aromatic rings. The van der Waals surface area contributed by atoms with Crippen molar-refractivity contribution in [2.45, 2.75) is 25.8 Å². The fourth-order valence-electron chi connectivity index (χ4n) is 1.48. The molecule has 0 aromatic heterocycles. The van der Waals surface area contributed by atoms with Gasteiger partial charge in [0.2, 0.25) is 0 Å². The van der Waals surface area contributed by atoms with Crippen LogP contribution in [0.15, 0.2) is 23.2 Å². The van der Waals surface area contributed by atoms with Crippen molar-refractivity contribution in [3.63, 3.8) is 0 Å². The molecule has 0 spiro atoms. The number of rotatable bonds is 2. The number of thioether (sulfide) groups is 1. The molecule has 2 rings (SSSR count). The maximum Gasteiger partial charge on any atom is 0.161 e. The zero-order chi connectivity index (χ0) is 12.5. The number of amidine groups is 1. The van der Waals surface area contributed by atoms with Gasteiger partial charge in [0.1, 0.15) is 5.82 Å². The summed E-state index contributed by atoms with van der Waals surface area (Å²) < 4.78 is 13.0. The predicted octanol–water partition coefficient (Wildman–Crippen LogP) is 4.16. The van der Waals surface area contributed by atoms with Gasteiger partial charge in [0.15, 0.2) is 5.17 Å². The lowest BCUT2D eigenvalue weighted by molar-refractivity contribution is 0.523. The summed E-state index contributed by atoms with van der Waals surface area (Å²) in [6.45, 7) is 4.26. The van der Waals surface area contributed by atoms with Gasteiger partial charge in [-0.05, 0) is 31.5 Å². The molecule has 0 fully saturated rings. The summed E-state index contributed by atoms with van der Waals surface area (Å²) in [6, 6.07) is 4.58. The van der Waals surface area contributed by atoms with Crippen LogP contribution in [0.25, 0.3) is 0 Å². The van der Waals surface area contributed by atoms with Gasteiger partial charge in [-0.25, -0.2) is 4.39 Å². The Bertz CT molecular complexity index is 464. The van der Waals surface area contributed by atoms with E-state index in [9.17, 15) is 4.39 Å². The smallest absolute Gasteiger partial charge is 0.161 e. The van der Waals surface area contributed by atoms with E-state index >= 15 is 0 Å². The average molecular weight is 273 g/mol. The van der Waals surface area contributed by atoms with E-state index in [2.05, 4.69) is 24.2 Å². The van der Waals surface area contributed by atoms with E-state index in [-0.39, 0.29) is 10.6 Å². The summed E-state index contributed by atoms with van der Waals surface area (Å²) in [7, 11) is 0. The first-order valence-corrected chi connectivity index (χ1v) is 6.83. The van der Waals surface area contributed by atoms with Crippen LogP contribution in [0.4, 0.5) is 10.1 Å². The van der Waals surface area contributed by atoms with Crippen molar-refractivity contribution in [1.29, 1.82) is 0 Å². The van der Waals surface area contributed by atoms with Crippen LogP contribution in [0.1, 0.15) is 20.3 Å². The van der Waals surface area contributed by atoms with Crippen LogP contribution in [0, 0.1) is 5.82 Å². The first-order chi connectivity index (χ1) is 8.02. The highest BCUT2D eigenvalue weighted by Gasteiger charge is 2.28. The molecule has 0 bridgehead atoms. The van der Waals surface area contributed by atoms with E-state index in [1.807, 2.05) is 0 Å². The monoisotopic (exact) mass is 272 g/mol. The minimum atomic E-state index is -0.406. The Morgan fingerprint density at radius 1 is 1.59 bits per heavy atom. The number of aliphatic imine (C=N–C) groups is 1. The molecular formula is C12H14ClFN2S. The minimum Gasteiger partial charge on any atom is -0.335 e. The van der Waals surface area contributed by atoms with Crippen molar-refractivity contribution in [2.75, 3.05) is 11.1 Å². The number of hydrogen-bond acceptors (Lipinski definition) is 3. The number of halogens is 2. The fraction of sp³-hybridized carbons (Fsp3) is 0.417.